The molecule has 0 atom stereocenters. The van der Waals surface area contributed by atoms with Gasteiger partial charge in [-0.1, -0.05) is 0 Å². The van der Waals surface area contributed by atoms with E-state index in [0.29, 0.717) is 11.6 Å². The quantitative estimate of drug-likeness (QED) is 0.696. The molecule has 3 aromatic rings. The number of amides is 1. The van der Waals surface area contributed by atoms with Gasteiger partial charge in [-0.25, -0.2) is 9.97 Å². The third kappa shape index (κ3) is 4.05. The van der Waals surface area contributed by atoms with Gasteiger partial charge in [-0.2, -0.15) is 0 Å². The second-order valence-corrected chi connectivity index (χ2v) is 5.16. The molecule has 0 fully saturated rings. The van der Waals surface area contributed by atoms with E-state index in [2.05, 4.69) is 25.6 Å². The average molecular weight is 340 g/mol. The van der Waals surface area contributed by atoms with Crippen LogP contribution >= 0.6 is 11.6 Å². The highest BCUT2D eigenvalue weighted by molar-refractivity contribution is 6.29. The fraction of sp³-hybridized carbons (Fsp3) is 0.0588. The number of benzene rings is 1. The van der Waals surface area contributed by atoms with Crippen LogP contribution in [0.2, 0.25) is 0 Å². The lowest BCUT2D eigenvalue weighted by Gasteiger charge is -2.08. The molecule has 0 saturated carbocycles. The second-order valence-electron chi connectivity index (χ2n) is 4.89. The fourth-order valence-electron chi connectivity index (χ4n) is 2.05. The molecule has 0 bridgehead atoms. The summed E-state index contributed by atoms with van der Waals surface area (Å²) in [6.45, 7) is 0. The van der Waals surface area contributed by atoms with E-state index in [9.17, 15) is 4.79 Å². The maximum Gasteiger partial charge on any atom is 0.239 e. The summed E-state index contributed by atoms with van der Waals surface area (Å²) in [7, 11) is 0. The van der Waals surface area contributed by atoms with Gasteiger partial charge >= 0.3 is 0 Å². The molecule has 2 heterocycles. The molecule has 7 heteroatoms. The number of rotatable bonds is 5. The van der Waals surface area contributed by atoms with Crippen LogP contribution in [0, 0.1) is 0 Å². The van der Waals surface area contributed by atoms with E-state index in [0.717, 1.165) is 16.9 Å². The number of aromatic nitrogens is 3. The van der Waals surface area contributed by atoms with Crippen LogP contribution in [0.4, 0.5) is 17.3 Å². The highest BCUT2D eigenvalue weighted by Crippen LogP contribution is 2.19. The van der Waals surface area contributed by atoms with Crippen molar-refractivity contribution in [2.24, 2.45) is 0 Å². The Morgan fingerprint density at radius 3 is 2.54 bits per heavy atom. The number of alkyl halides is 1. The number of carbonyl (C=O) groups is 1. The molecule has 0 radical (unpaired) electrons. The van der Waals surface area contributed by atoms with Crippen LogP contribution in [-0.4, -0.2) is 26.7 Å². The van der Waals surface area contributed by atoms with Crippen LogP contribution < -0.4 is 10.6 Å². The van der Waals surface area contributed by atoms with Gasteiger partial charge in [0, 0.05) is 35.5 Å². The maximum absolute atomic E-state index is 11.2. The Bertz CT molecular complexity index is 824. The Balaban J connectivity index is 1.73. The molecule has 0 aliphatic rings. The molecular formula is C17H14ClN5O. The molecule has 120 valence electrons. The van der Waals surface area contributed by atoms with Crippen molar-refractivity contribution in [3.63, 3.8) is 0 Å². The number of anilines is 3. The summed E-state index contributed by atoms with van der Waals surface area (Å²) in [5.74, 6) is 0.161. The monoisotopic (exact) mass is 339 g/mol. The lowest BCUT2D eigenvalue weighted by molar-refractivity contribution is -0.113. The van der Waals surface area contributed by atoms with Crippen LogP contribution in [0.25, 0.3) is 11.3 Å². The molecule has 1 aromatic carbocycles. The molecule has 6 nitrogen and oxygen atoms in total. The van der Waals surface area contributed by atoms with Crippen LogP contribution in [-0.2, 0) is 4.79 Å². The molecule has 0 saturated heterocycles. The first-order chi connectivity index (χ1) is 11.7. The predicted octanol–water partition coefficient (Wildman–Crippen LogP) is 3.46. The van der Waals surface area contributed by atoms with Gasteiger partial charge in [-0.3, -0.25) is 9.78 Å². The Morgan fingerprint density at radius 1 is 1.04 bits per heavy atom. The number of halogens is 1. The second kappa shape index (κ2) is 7.52. The smallest absolute Gasteiger partial charge is 0.239 e. The molecular weight excluding hydrogens is 326 g/mol. The van der Waals surface area contributed by atoms with Crippen LogP contribution in [0.3, 0.4) is 0 Å². The van der Waals surface area contributed by atoms with Crippen LogP contribution in [0.5, 0.6) is 0 Å². The molecule has 1 amide bonds. The molecule has 2 N–H and O–H groups in total. The van der Waals surface area contributed by atoms with E-state index in [-0.39, 0.29) is 11.8 Å². The van der Waals surface area contributed by atoms with Gasteiger partial charge in [-0.05, 0) is 42.5 Å². The van der Waals surface area contributed by atoms with Gasteiger partial charge in [0.2, 0.25) is 11.9 Å². The number of carbonyl (C=O) groups excluding carboxylic acids is 1. The molecule has 0 aliphatic carbocycles. The SMILES string of the molecule is O=C(CCl)Nc1ccc(Nc2nccc(-c3cccnc3)n2)cc1. The zero-order valence-electron chi connectivity index (χ0n) is 12.6. The number of nitrogens with zero attached hydrogens (tertiary/aromatic N) is 3. The highest BCUT2D eigenvalue weighted by atomic mass is 35.5. The number of nitrogens with one attached hydrogen (secondary N) is 2. The predicted molar refractivity (Wildman–Crippen MR) is 94.3 cm³/mol. The van der Waals surface area contributed by atoms with Crippen molar-refractivity contribution in [1.29, 1.82) is 0 Å². The summed E-state index contributed by atoms with van der Waals surface area (Å²) in [6, 6.07) is 12.8. The third-order valence-electron chi connectivity index (χ3n) is 3.16. The third-order valence-corrected chi connectivity index (χ3v) is 3.40. The standard InChI is InChI=1S/C17H14ClN5O/c18-10-16(24)21-13-3-5-14(6-4-13)22-17-20-9-7-15(23-17)12-2-1-8-19-11-12/h1-9,11H,10H2,(H,21,24)(H,20,22,23). The van der Waals surface area contributed by atoms with Crippen molar-refractivity contribution in [3.8, 4) is 11.3 Å². The molecule has 0 spiro atoms. The normalized spacial score (nSPS) is 10.2. The highest BCUT2D eigenvalue weighted by Gasteiger charge is 2.04. The zero-order valence-corrected chi connectivity index (χ0v) is 13.4. The Hall–Kier alpha value is -2.99. The lowest BCUT2D eigenvalue weighted by atomic mass is 10.2. The minimum atomic E-state index is -0.245. The van der Waals surface area contributed by atoms with E-state index in [1.165, 1.54) is 0 Å². The molecule has 3 rings (SSSR count). The summed E-state index contributed by atoms with van der Waals surface area (Å²) in [5.41, 5.74) is 3.19. The summed E-state index contributed by atoms with van der Waals surface area (Å²) < 4.78 is 0. The Kier molecular flexibility index (Phi) is 4.98. The first kappa shape index (κ1) is 15.9. The van der Waals surface area contributed by atoms with Gasteiger partial charge in [0.1, 0.15) is 5.88 Å². The van der Waals surface area contributed by atoms with Gasteiger partial charge < -0.3 is 10.6 Å². The zero-order chi connectivity index (χ0) is 16.8. The van der Waals surface area contributed by atoms with Crippen molar-refractivity contribution in [2.45, 2.75) is 0 Å². The summed E-state index contributed by atoms with van der Waals surface area (Å²) in [4.78, 5) is 24.0. The first-order valence-corrected chi connectivity index (χ1v) is 7.74. The molecule has 24 heavy (non-hydrogen) atoms. The number of hydrogen-bond donors (Lipinski definition) is 2. The summed E-state index contributed by atoms with van der Waals surface area (Å²) in [6.07, 6.45) is 5.15. The number of pyridine rings is 1. The van der Waals surface area contributed by atoms with Crippen molar-refractivity contribution in [3.05, 3.63) is 61.1 Å². The first-order valence-electron chi connectivity index (χ1n) is 7.21. The maximum atomic E-state index is 11.2. The van der Waals surface area contributed by atoms with Gasteiger partial charge in [-0.15, -0.1) is 11.6 Å². The molecule has 2 aromatic heterocycles. The topological polar surface area (TPSA) is 79.8 Å². The Morgan fingerprint density at radius 2 is 1.83 bits per heavy atom. The lowest BCUT2D eigenvalue weighted by Crippen LogP contribution is -2.12. The summed E-state index contributed by atoms with van der Waals surface area (Å²) in [5, 5.41) is 5.80. The van der Waals surface area contributed by atoms with E-state index < -0.39 is 0 Å². The van der Waals surface area contributed by atoms with E-state index in [1.807, 2.05) is 30.3 Å². The Labute approximate surface area is 143 Å². The van der Waals surface area contributed by atoms with E-state index in [4.69, 9.17) is 11.6 Å². The van der Waals surface area contributed by atoms with Gasteiger partial charge in [0.05, 0.1) is 5.69 Å². The van der Waals surface area contributed by atoms with E-state index in [1.54, 1.807) is 30.7 Å². The van der Waals surface area contributed by atoms with E-state index >= 15 is 0 Å². The van der Waals surface area contributed by atoms with Crippen LogP contribution in [0.1, 0.15) is 0 Å². The number of hydrogen-bond acceptors (Lipinski definition) is 5. The fourth-order valence-corrected chi connectivity index (χ4v) is 2.12. The molecule has 0 unspecified atom stereocenters. The van der Waals surface area contributed by atoms with Crippen molar-refractivity contribution in [2.75, 3.05) is 16.5 Å². The van der Waals surface area contributed by atoms with Crippen LogP contribution in [0.15, 0.2) is 61.1 Å². The minimum absolute atomic E-state index is 0.0744. The molecule has 0 aliphatic heterocycles. The average Bonchev–Trinajstić information content (AvgIpc) is 2.64. The van der Waals surface area contributed by atoms with Crippen molar-refractivity contribution in [1.82, 2.24) is 15.0 Å². The minimum Gasteiger partial charge on any atom is -0.325 e. The van der Waals surface area contributed by atoms with Gasteiger partial charge in [0.25, 0.3) is 0 Å². The van der Waals surface area contributed by atoms with Gasteiger partial charge in [0.15, 0.2) is 0 Å². The van der Waals surface area contributed by atoms with Crippen molar-refractivity contribution >= 4 is 34.8 Å². The largest absolute Gasteiger partial charge is 0.325 e. The summed E-state index contributed by atoms with van der Waals surface area (Å²) >= 11 is 5.46. The van der Waals surface area contributed by atoms with Crippen molar-refractivity contribution < 1.29 is 4.79 Å².